The van der Waals surface area contributed by atoms with Crippen LogP contribution in [0.15, 0.2) is 53.1 Å². The maximum Gasteiger partial charge on any atom is 0.368 e. The van der Waals surface area contributed by atoms with Crippen LogP contribution in [0.2, 0.25) is 0 Å². The highest BCUT2D eigenvalue weighted by Gasteiger charge is 2.71. The van der Waals surface area contributed by atoms with Crippen LogP contribution in [0.25, 0.3) is 0 Å². The number of benzene rings is 1. The summed E-state index contributed by atoms with van der Waals surface area (Å²) >= 11 is 0. The minimum atomic E-state index is -1.20. The van der Waals surface area contributed by atoms with Crippen molar-refractivity contribution in [1.82, 2.24) is 0 Å². The molecule has 4 rings (SSSR count). The van der Waals surface area contributed by atoms with E-state index < -0.39 is 29.4 Å². The number of ether oxygens (including phenoxy) is 1. The molecule has 2 N–H and O–H groups in total. The van der Waals surface area contributed by atoms with E-state index in [-0.39, 0.29) is 18.4 Å². The molecule has 0 saturated carbocycles. The number of imide groups is 1. The fourth-order valence-electron chi connectivity index (χ4n) is 4.32. The summed E-state index contributed by atoms with van der Waals surface area (Å²) in [5, 5.41) is 1.75. The van der Waals surface area contributed by atoms with Crippen LogP contribution in [0.5, 0.6) is 0 Å². The topological polar surface area (TPSA) is 93.4 Å². The quantitative estimate of drug-likeness (QED) is 0.642. The highest BCUT2D eigenvalue weighted by atomic mass is 16.5. The fraction of sp³-hybridized carbons (Fsp3) is 0.350. The number of esters is 1. The maximum absolute atomic E-state index is 13.3. The SMILES string of the molecule is CCOC(=O)[C@@]1(C)[NH2+][C@@H](c2ccco2)[C@H]2C(=O)N(c3ccccc3)C(=O)[C@H]21. The van der Waals surface area contributed by atoms with Gasteiger partial charge in [-0.1, -0.05) is 18.2 Å². The van der Waals surface area contributed by atoms with Crippen molar-refractivity contribution in [1.29, 1.82) is 0 Å². The number of furan rings is 1. The van der Waals surface area contributed by atoms with Gasteiger partial charge >= 0.3 is 5.97 Å². The Bertz CT molecular complexity index is 879. The van der Waals surface area contributed by atoms with Gasteiger partial charge in [0.25, 0.3) is 0 Å². The summed E-state index contributed by atoms with van der Waals surface area (Å²) in [6.45, 7) is 3.59. The van der Waals surface area contributed by atoms with Gasteiger partial charge in [0.15, 0.2) is 11.8 Å². The van der Waals surface area contributed by atoms with E-state index in [4.69, 9.17) is 9.15 Å². The lowest BCUT2D eigenvalue weighted by Gasteiger charge is -2.25. The molecule has 2 saturated heterocycles. The van der Waals surface area contributed by atoms with E-state index in [0.717, 1.165) is 0 Å². The summed E-state index contributed by atoms with van der Waals surface area (Å²) in [6.07, 6.45) is 1.52. The van der Waals surface area contributed by atoms with Crippen LogP contribution in [-0.2, 0) is 19.1 Å². The lowest BCUT2D eigenvalue weighted by atomic mass is 9.81. The van der Waals surface area contributed by atoms with Gasteiger partial charge < -0.3 is 14.5 Å². The number of amides is 2. The number of carbonyl (C=O) groups is 3. The van der Waals surface area contributed by atoms with Crippen molar-refractivity contribution in [2.45, 2.75) is 25.4 Å². The molecule has 2 aliphatic rings. The van der Waals surface area contributed by atoms with Crippen LogP contribution >= 0.6 is 0 Å². The molecule has 2 aromatic rings. The Labute approximate surface area is 156 Å². The Morgan fingerprint density at radius 3 is 2.56 bits per heavy atom. The van der Waals surface area contributed by atoms with Crippen LogP contribution in [0.4, 0.5) is 5.69 Å². The number of quaternary nitrogens is 1. The predicted octanol–water partition coefficient (Wildman–Crippen LogP) is 1.03. The molecule has 7 nitrogen and oxygen atoms in total. The average molecular weight is 369 g/mol. The minimum Gasteiger partial charge on any atom is -0.463 e. The maximum atomic E-state index is 13.3. The first kappa shape index (κ1) is 17.5. The van der Waals surface area contributed by atoms with Gasteiger partial charge in [0, 0.05) is 6.92 Å². The second kappa shape index (κ2) is 6.35. The molecule has 2 aliphatic heterocycles. The van der Waals surface area contributed by atoms with Gasteiger partial charge in [0.1, 0.15) is 11.8 Å². The highest BCUT2D eigenvalue weighted by Crippen LogP contribution is 2.45. The van der Waals surface area contributed by atoms with E-state index in [0.29, 0.717) is 11.4 Å². The summed E-state index contributed by atoms with van der Waals surface area (Å²) in [5.41, 5.74) is -0.694. The zero-order valence-electron chi connectivity index (χ0n) is 15.1. The van der Waals surface area contributed by atoms with E-state index >= 15 is 0 Å². The van der Waals surface area contributed by atoms with Gasteiger partial charge in [0.05, 0.1) is 18.6 Å². The summed E-state index contributed by atoms with van der Waals surface area (Å²) in [6, 6.07) is 11.8. The smallest absolute Gasteiger partial charge is 0.368 e. The standard InChI is InChI=1S/C20H20N2O5/c1-3-26-19(25)20(2)15-14(16(21-20)13-10-7-11-27-13)17(23)22(18(15)24)12-8-5-4-6-9-12/h4-11,14-16,21H,3H2,1-2H3/p+1/t14-,15-,16-,20-/m0/s1. The number of nitrogens with zero attached hydrogens (tertiary/aromatic N) is 1. The summed E-state index contributed by atoms with van der Waals surface area (Å²) < 4.78 is 10.8. The molecule has 140 valence electrons. The normalized spacial score (nSPS) is 29.9. The molecule has 2 fully saturated rings. The third kappa shape index (κ3) is 2.49. The highest BCUT2D eigenvalue weighted by molar-refractivity contribution is 6.23. The Hall–Kier alpha value is -2.93. The third-order valence-corrected chi connectivity index (χ3v) is 5.51. The lowest BCUT2D eigenvalue weighted by Crippen LogP contribution is -2.97. The van der Waals surface area contributed by atoms with Gasteiger partial charge in [-0.3, -0.25) is 9.59 Å². The second-order valence-electron chi connectivity index (χ2n) is 7.06. The first-order valence-corrected chi connectivity index (χ1v) is 8.98. The van der Waals surface area contributed by atoms with E-state index in [1.807, 2.05) is 6.07 Å². The first-order chi connectivity index (χ1) is 13.0. The lowest BCUT2D eigenvalue weighted by molar-refractivity contribution is -0.732. The first-order valence-electron chi connectivity index (χ1n) is 8.98. The van der Waals surface area contributed by atoms with Crippen molar-refractivity contribution in [3.05, 3.63) is 54.5 Å². The van der Waals surface area contributed by atoms with Crippen molar-refractivity contribution >= 4 is 23.5 Å². The van der Waals surface area contributed by atoms with Gasteiger partial charge in [0.2, 0.25) is 17.4 Å². The van der Waals surface area contributed by atoms with Gasteiger partial charge in [-0.15, -0.1) is 0 Å². The summed E-state index contributed by atoms with van der Waals surface area (Å²) in [5.74, 6) is -2.14. The molecule has 4 atom stereocenters. The molecule has 0 aliphatic carbocycles. The van der Waals surface area contributed by atoms with Crippen molar-refractivity contribution in [2.24, 2.45) is 11.8 Å². The molecule has 7 heteroatoms. The molecule has 3 heterocycles. The van der Waals surface area contributed by atoms with Crippen LogP contribution in [-0.4, -0.2) is 29.9 Å². The Morgan fingerprint density at radius 2 is 1.93 bits per heavy atom. The molecule has 0 bridgehead atoms. The predicted molar refractivity (Wildman–Crippen MR) is 94.3 cm³/mol. The summed E-state index contributed by atoms with van der Waals surface area (Å²) in [4.78, 5) is 40.5. The number of para-hydroxylation sites is 1. The molecule has 2 amide bonds. The van der Waals surface area contributed by atoms with Crippen LogP contribution < -0.4 is 10.2 Å². The van der Waals surface area contributed by atoms with E-state index in [1.165, 1.54) is 11.2 Å². The molecule has 0 radical (unpaired) electrons. The van der Waals surface area contributed by atoms with E-state index in [1.54, 1.807) is 55.6 Å². The fourth-order valence-corrected chi connectivity index (χ4v) is 4.32. The van der Waals surface area contributed by atoms with E-state index in [2.05, 4.69) is 0 Å². The summed E-state index contributed by atoms with van der Waals surface area (Å²) in [7, 11) is 0. The molecule has 1 aromatic heterocycles. The molecule has 27 heavy (non-hydrogen) atoms. The monoisotopic (exact) mass is 369 g/mol. The Morgan fingerprint density at radius 1 is 1.19 bits per heavy atom. The van der Waals surface area contributed by atoms with Gasteiger partial charge in [-0.25, -0.2) is 9.69 Å². The molecular weight excluding hydrogens is 348 g/mol. The van der Waals surface area contributed by atoms with Gasteiger partial charge in [-0.05, 0) is 31.2 Å². The number of anilines is 1. The number of hydrogen-bond donors (Lipinski definition) is 1. The van der Waals surface area contributed by atoms with Crippen molar-refractivity contribution < 1.29 is 28.9 Å². The van der Waals surface area contributed by atoms with Crippen LogP contribution in [0.3, 0.4) is 0 Å². The van der Waals surface area contributed by atoms with Crippen molar-refractivity contribution in [2.75, 3.05) is 11.5 Å². The third-order valence-electron chi connectivity index (χ3n) is 5.51. The number of hydrogen-bond acceptors (Lipinski definition) is 5. The zero-order chi connectivity index (χ0) is 19.2. The number of nitrogens with two attached hydrogens (primary N) is 1. The minimum absolute atomic E-state index is 0.204. The Balaban J connectivity index is 1.81. The largest absolute Gasteiger partial charge is 0.463 e. The van der Waals surface area contributed by atoms with Crippen molar-refractivity contribution in [3.63, 3.8) is 0 Å². The molecule has 0 unspecified atom stereocenters. The van der Waals surface area contributed by atoms with E-state index in [9.17, 15) is 14.4 Å². The van der Waals surface area contributed by atoms with Crippen molar-refractivity contribution in [3.8, 4) is 0 Å². The number of rotatable bonds is 4. The number of fused-ring (bicyclic) bond motifs is 1. The molecule has 1 aromatic carbocycles. The average Bonchev–Trinajstić information content (AvgIpc) is 3.34. The zero-order valence-corrected chi connectivity index (χ0v) is 15.1. The van der Waals surface area contributed by atoms with Crippen LogP contribution in [0.1, 0.15) is 25.6 Å². The number of carbonyl (C=O) groups excluding carboxylic acids is 3. The van der Waals surface area contributed by atoms with Crippen LogP contribution in [0, 0.1) is 11.8 Å². The Kier molecular flexibility index (Phi) is 4.11. The second-order valence-corrected chi connectivity index (χ2v) is 7.06. The molecular formula is C20H21N2O5+. The van der Waals surface area contributed by atoms with Gasteiger partial charge in [-0.2, -0.15) is 0 Å². The molecule has 0 spiro atoms.